The fraction of sp³-hybridized carbons (Fsp3) is 0.700. The van der Waals surface area contributed by atoms with Crippen LogP contribution < -0.4 is 5.32 Å². The molecule has 2 heterocycles. The Balaban J connectivity index is 1.38. The highest BCUT2D eigenvalue weighted by atomic mass is 79.9. The molecule has 0 spiro atoms. The van der Waals surface area contributed by atoms with E-state index in [1.54, 1.807) is 0 Å². The number of aromatic nitrogens is 5. The molecule has 4 aliphatic rings. The molecule has 0 radical (unpaired) electrons. The largest absolute Gasteiger partial charge is 0.351 e. The maximum absolute atomic E-state index is 13.4. The highest BCUT2D eigenvalue weighted by Gasteiger charge is 2.61. The fourth-order valence-electron chi connectivity index (χ4n) is 6.48. The first-order valence-electron chi connectivity index (χ1n) is 10.3. The van der Waals surface area contributed by atoms with Gasteiger partial charge < -0.3 is 5.32 Å². The Morgan fingerprint density at radius 2 is 2.04 bits per heavy atom. The van der Waals surface area contributed by atoms with Gasteiger partial charge in [-0.15, -0.1) is 5.10 Å². The van der Waals surface area contributed by atoms with Crippen LogP contribution in [0.1, 0.15) is 56.7 Å². The lowest BCUT2D eigenvalue weighted by Crippen LogP contribution is -2.61. The molecule has 4 fully saturated rings. The van der Waals surface area contributed by atoms with Crippen molar-refractivity contribution in [3.63, 3.8) is 0 Å². The zero-order valence-corrected chi connectivity index (χ0v) is 18.1. The van der Waals surface area contributed by atoms with Crippen molar-refractivity contribution in [1.29, 1.82) is 0 Å². The predicted octanol–water partition coefficient (Wildman–Crippen LogP) is 3.18. The summed E-state index contributed by atoms with van der Waals surface area (Å²) in [5.41, 5.74) is 1.78. The van der Waals surface area contributed by atoms with Crippen LogP contribution in [0.2, 0.25) is 0 Å². The van der Waals surface area contributed by atoms with Crippen molar-refractivity contribution in [2.45, 2.75) is 71.0 Å². The number of amides is 1. The van der Waals surface area contributed by atoms with Crippen LogP contribution in [-0.4, -0.2) is 30.5 Å². The normalized spacial score (nSPS) is 33.4. The fourth-order valence-corrected chi connectivity index (χ4v) is 6.74. The van der Waals surface area contributed by atoms with Gasteiger partial charge in [-0.05, 0) is 80.1 Å². The van der Waals surface area contributed by atoms with Gasteiger partial charge in [0.1, 0.15) is 6.33 Å². The van der Waals surface area contributed by atoms with Gasteiger partial charge in [0.05, 0.1) is 16.6 Å². The summed E-state index contributed by atoms with van der Waals surface area (Å²) in [6.07, 6.45) is 10.3. The molecule has 0 saturated heterocycles. The van der Waals surface area contributed by atoms with Crippen LogP contribution in [0, 0.1) is 24.2 Å². The van der Waals surface area contributed by atoms with Gasteiger partial charge in [-0.3, -0.25) is 9.48 Å². The number of nitrogens with one attached hydrogen (secondary N) is 1. The van der Waals surface area contributed by atoms with Gasteiger partial charge >= 0.3 is 0 Å². The van der Waals surface area contributed by atoms with Crippen LogP contribution in [-0.2, 0) is 23.4 Å². The molecule has 2 aromatic heterocycles. The minimum Gasteiger partial charge on any atom is -0.351 e. The summed E-state index contributed by atoms with van der Waals surface area (Å²) in [5.74, 6) is 1.44. The second-order valence-corrected chi connectivity index (χ2v) is 9.91. The van der Waals surface area contributed by atoms with Crippen molar-refractivity contribution in [2.75, 3.05) is 0 Å². The Bertz CT molecular complexity index is 904. The SMILES string of the molecule is CCn1cc(CNC(=O)C23CC4CC(C2)CC(n2cnc(Br)n2)(C4)C3)c(C)n1. The molecule has 0 aliphatic heterocycles. The van der Waals surface area contributed by atoms with Crippen molar-refractivity contribution in [1.82, 2.24) is 29.9 Å². The number of aryl methyl sites for hydroxylation is 2. The first-order chi connectivity index (χ1) is 13.4. The third kappa shape index (κ3) is 2.83. The average Bonchev–Trinajstić information content (AvgIpc) is 3.24. The molecular weight excluding hydrogens is 420 g/mol. The van der Waals surface area contributed by atoms with Gasteiger partial charge in [0.2, 0.25) is 10.6 Å². The minimum absolute atomic E-state index is 0.0521. The first kappa shape index (κ1) is 18.3. The highest BCUT2D eigenvalue weighted by Crippen LogP contribution is 2.64. The molecule has 150 valence electrons. The zero-order valence-electron chi connectivity index (χ0n) is 16.5. The third-order valence-electron chi connectivity index (χ3n) is 7.27. The maximum Gasteiger partial charge on any atom is 0.226 e. The van der Waals surface area contributed by atoms with Crippen molar-refractivity contribution < 1.29 is 4.79 Å². The van der Waals surface area contributed by atoms with E-state index in [-0.39, 0.29) is 16.9 Å². The van der Waals surface area contributed by atoms with Crippen molar-refractivity contribution in [2.24, 2.45) is 17.3 Å². The summed E-state index contributed by atoms with van der Waals surface area (Å²) >= 11 is 3.39. The van der Waals surface area contributed by atoms with E-state index in [0.717, 1.165) is 49.9 Å². The quantitative estimate of drug-likeness (QED) is 0.764. The van der Waals surface area contributed by atoms with Crippen LogP contribution in [0.25, 0.3) is 0 Å². The van der Waals surface area contributed by atoms with E-state index >= 15 is 0 Å². The molecule has 2 aromatic rings. The number of halogens is 1. The second kappa shape index (κ2) is 6.40. The molecule has 1 amide bonds. The standard InChI is InChI=1S/C20H27BrN6O/c1-3-26-10-16(13(2)24-26)9-22-17(28)19-5-14-4-15(6-19)8-20(7-14,11-19)27-12-23-18(21)25-27/h10,12,14-15H,3-9,11H2,1-2H3,(H,22,28). The number of rotatable bonds is 5. The van der Waals surface area contributed by atoms with Gasteiger partial charge in [-0.25, -0.2) is 9.67 Å². The molecule has 1 N–H and O–H groups in total. The van der Waals surface area contributed by atoms with E-state index in [1.165, 1.54) is 6.42 Å². The molecule has 4 saturated carbocycles. The summed E-state index contributed by atoms with van der Waals surface area (Å²) < 4.78 is 4.61. The lowest BCUT2D eigenvalue weighted by Gasteiger charge is -2.60. The number of hydrogen-bond acceptors (Lipinski definition) is 4. The van der Waals surface area contributed by atoms with Gasteiger partial charge in [-0.2, -0.15) is 5.10 Å². The molecule has 0 aromatic carbocycles. The highest BCUT2D eigenvalue weighted by molar-refractivity contribution is 9.10. The summed E-state index contributed by atoms with van der Waals surface area (Å²) in [5, 5.41) is 12.3. The Hall–Kier alpha value is -1.70. The van der Waals surface area contributed by atoms with Gasteiger partial charge in [-0.1, -0.05) is 0 Å². The predicted molar refractivity (Wildman–Crippen MR) is 107 cm³/mol. The monoisotopic (exact) mass is 446 g/mol. The van der Waals surface area contributed by atoms with Crippen molar-refractivity contribution in [3.8, 4) is 0 Å². The molecule has 8 heteroatoms. The molecule has 4 bridgehead atoms. The average molecular weight is 447 g/mol. The van der Waals surface area contributed by atoms with Crippen LogP contribution in [0.5, 0.6) is 0 Å². The van der Waals surface area contributed by atoms with Crippen LogP contribution in [0.4, 0.5) is 0 Å². The molecule has 6 rings (SSSR count). The van der Waals surface area contributed by atoms with Crippen LogP contribution in [0.3, 0.4) is 0 Å². The van der Waals surface area contributed by atoms with E-state index < -0.39 is 0 Å². The summed E-state index contributed by atoms with van der Waals surface area (Å²) in [7, 11) is 0. The Morgan fingerprint density at radius 3 is 2.64 bits per heavy atom. The zero-order chi connectivity index (χ0) is 19.5. The lowest BCUT2D eigenvalue weighted by molar-refractivity contribution is -0.156. The molecule has 2 unspecified atom stereocenters. The Kier molecular flexibility index (Phi) is 4.19. The summed E-state index contributed by atoms with van der Waals surface area (Å²) in [4.78, 5) is 17.7. The number of nitrogens with zero attached hydrogens (tertiary/aromatic N) is 5. The molecule has 2 atom stereocenters. The molecule has 28 heavy (non-hydrogen) atoms. The van der Waals surface area contributed by atoms with Gasteiger partial charge in [0.25, 0.3) is 0 Å². The topological polar surface area (TPSA) is 77.6 Å². The van der Waals surface area contributed by atoms with Gasteiger partial charge in [0.15, 0.2) is 0 Å². The summed E-state index contributed by atoms with van der Waals surface area (Å²) in [6, 6.07) is 0. The number of carbonyl (C=O) groups is 1. The first-order valence-corrected chi connectivity index (χ1v) is 11.1. The van der Waals surface area contributed by atoms with E-state index in [1.807, 2.05) is 28.8 Å². The van der Waals surface area contributed by atoms with E-state index in [0.29, 0.717) is 23.1 Å². The second-order valence-electron chi connectivity index (χ2n) is 9.20. The molecule has 4 aliphatic carbocycles. The third-order valence-corrected chi connectivity index (χ3v) is 7.64. The number of hydrogen-bond donors (Lipinski definition) is 1. The maximum atomic E-state index is 13.4. The van der Waals surface area contributed by atoms with E-state index in [4.69, 9.17) is 0 Å². The minimum atomic E-state index is -0.267. The Labute approximate surface area is 173 Å². The van der Waals surface area contributed by atoms with E-state index in [9.17, 15) is 4.79 Å². The molecular formula is C20H27BrN6O. The van der Waals surface area contributed by atoms with Gasteiger partial charge in [0, 0.05) is 24.8 Å². The van der Waals surface area contributed by atoms with Crippen molar-refractivity contribution >= 4 is 21.8 Å². The Morgan fingerprint density at radius 1 is 1.29 bits per heavy atom. The smallest absolute Gasteiger partial charge is 0.226 e. The lowest BCUT2D eigenvalue weighted by atomic mass is 9.46. The molecule has 7 nitrogen and oxygen atoms in total. The van der Waals surface area contributed by atoms with Crippen molar-refractivity contribution in [3.05, 3.63) is 28.5 Å². The van der Waals surface area contributed by atoms with Crippen LogP contribution in [0.15, 0.2) is 17.3 Å². The van der Waals surface area contributed by atoms with Crippen LogP contribution >= 0.6 is 15.9 Å². The summed E-state index contributed by atoms with van der Waals surface area (Å²) in [6.45, 7) is 5.49. The van der Waals surface area contributed by atoms with E-state index in [2.05, 4.69) is 43.4 Å². The number of carbonyl (C=O) groups excluding carboxylic acids is 1.